The fourth-order valence-corrected chi connectivity index (χ4v) is 5.82. The van der Waals surface area contributed by atoms with E-state index in [4.69, 9.17) is 4.74 Å². The highest BCUT2D eigenvalue weighted by molar-refractivity contribution is 6.15. The molecule has 3 aliphatic rings. The number of benzene rings is 2. The molecule has 5 atom stereocenters. The molecule has 3 N–H and O–H groups in total. The van der Waals surface area contributed by atoms with E-state index < -0.39 is 41.3 Å². The first-order valence-electron chi connectivity index (χ1n) is 11.1. The van der Waals surface area contributed by atoms with E-state index in [0.717, 1.165) is 11.1 Å². The highest BCUT2D eigenvalue weighted by Gasteiger charge is 2.71. The van der Waals surface area contributed by atoms with Gasteiger partial charge in [0.25, 0.3) is 0 Å². The molecule has 172 valence electrons. The lowest BCUT2D eigenvalue weighted by molar-refractivity contribution is -0.143. The number of aliphatic hydroxyl groups is 1. The van der Waals surface area contributed by atoms with Crippen molar-refractivity contribution in [3.63, 3.8) is 0 Å². The first kappa shape index (κ1) is 21.6. The molecule has 0 bridgehead atoms. The first-order valence-corrected chi connectivity index (χ1v) is 11.1. The Labute approximate surface area is 191 Å². The number of aliphatic hydroxyl groups excluding tert-OH is 1. The van der Waals surface area contributed by atoms with Gasteiger partial charge in [0.15, 0.2) is 0 Å². The number of nitrogens with zero attached hydrogens (tertiary/aromatic N) is 1. The van der Waals surface area contributed by atoms with Gasteiger partial charge in [-0.25, -0.2) is 0 Å². The monoisotopic (exact) mass is 449 g/mol. The smallest absolute Gasteiger partial charge is 0.250 e. The Morgan fingerprint density at radius 3 is 2.58 bits per heavy atom. The number of carbonyl (C=O) groups excluding carboxylic acids is 3. The number of carbonyl (C=O) groups is 3. The molecule has 3 amide bonds. The number of para-hydroxylation sites is 1. The third-order valence-corrected chi connectivity index (χ3v) is 7.23. The summed E-state index contributed by atoms with van der Waals surface area (Å²) in [7, 11) is 1.54. The van der Waals surface area contributed by atoms with Crippen LogP contribution in [0.2, 0.25) is 0 Å². The lowest BCUT2D eigenvalue weighted by Crippen LogP contribution is -2.54. The second-order valence-corrected chi connectivity index (χ2v) is 9.26. The number of aryl methyl sites for hydroxylation is 2. The molecule has 0 radical (unpaired) electrons. The summed E-state index contributed by atoms with van der Waals surface area (Å²) in [6, 6.07) is 10.3. The van der Waals surface area contributed by atoms with E-state index in [-0.39, 0.29) is 12.5 Å². The van der Waals surface area contributed by atoms with Gasteiger partial charge in [0.1, 0.15) is 11.3 Å². The highest BCUT2D eigenvalue weighted by Crippen LogP contribution is 2.54. The van der Waals surface area contributed by atoms with E-state index in [2.05, 4.69) is 10.6 Å². The Kier molecular flexibility index (Phi) is 4.84. The number of likely N-dealkylation sites (tertiary alicyclic amines) is 1. The van der Waals surface area contributed by atoms with E-state index in [0.29, 0.717) is 22.6 Å². The minimum absolute atomic E-state index is 0.0403. The van der Waals surface area contributed by atoms with Gasteiger partial charge >= 0.3 is 0 Å². The van der Waals surface area contributed by atoms with Gasteiger partial charge < -0.3 is 15.2 Å². The number of ether oxygens (including phenoxy) is 1. The van der Waals surface area contributed by atoms with Crippen LogP contribution in [0, 0.1) is 25.7 Å². The number of nitrogens with one attached hydrogen (secondary N) is 2. The summed E-state index contributed by atoms with van der Waals surface area (Å²) in [5, 5.41) is 16.7. The second-order valence-electron chi connectivity index (χ2n) is 9.26. The summed E-state index contributed by atoms with van der Waals surface area (Å²) in [6.45, 7) is 5.44. The summed E-state index contributed by atoms with van der Waals surface area (Å²) in [5.41, 5.74) is 2.43. The van der Waals surface area contributed by atoms with Crippen molar-refractivity contribution < 1.29 is 24.2 Å². The summed E-state index contributed by atoms with van der Waals surface area (Å²) < 4.78 is 5.40. The third-order valence-electron chi connectivity index (χ3n) is 7.23. The van der Waals surface area contributed by atoms with Crippen molar-refractivity contribution in [2.45, 2.75) is 45.0 Å². The molecule has 3 heterocycles. The largest absolute Gasteiger partial charge is 0.496 e. The number of rotatable bonds is 4. The number of imide groups is 1. The maximum atomic E-state index is 13.8. The predicted octanol–water partition coefficient (Wildman–Crippen LogP) is 1.61. The summed E-state index contributed by atoms with van der Waals surface area (Å²) in [4.78, 5) is 42.1. The molecule has 3 aliphatic heterocycles. The van der Waals surface area contributed by atoms with Crippen LogP contribution in [0.25, 0.3) is 0 Å². The van der Waals surface area contributed by atoms with E-state index >= 15 is 0 Å². The number of hydrogen-bond acceptors (Lipinski definition) is 6. The lowest BCUT2D eigenvalue weighted by atomic mass is 9.75. The Morgan fingerprint density at radius 1 is 1.15 bits per heavy atom. The van der Waals surface area contributed by atoms with Gasteiger partial charge in [0.2, 0.25) is 17.7 Å². The number of amides is 3. The molecular formula is C25H27N3O5. The number of hydrogen-bond donors (Lipinski definition) is 3. The van der Waals surface area contributed by atoms with Crippen LogP contribution in [0.3, 0.4) is 0 Å². The fourth-order valence-electron chi connectivity index (χ4n) is 5.82. The average Bonchev–Trinajstić information content (AvgIpc) is 3.36. The Hall–Kier alpha value is -3.23. The van der Waals surface area contributed by atoms with Crippen LogP contribution < -0.4 is 15.4 Å². The van der Waals surface area contributed by atoms with Crippen LogP contribution in [0.5, 0.6) is 5.75 Å². The first-order chi connectivity index (χ1) is 15.7. The highest BCUT2D eigenvalue weighted by atomic mass is 16.5. The third kappa shape index (κ3) is 2.87. The van der Waals surface area contributed by atoms with E-state index in [1.807, 2.05) is 38.1 Å². The van der Waals surface area contributed by atoms with Crippen molar-refractivity contribution in [3.8, 4) is 5.75 Å². The zero-order valence-electron chi connectivity index (χ0n) is 19.0. The lowest BCUT2D eigenvalue weighted by Gasteiger charge is -2.30. The van der Waals surface area contributed by atoms with E-state index in [1.54, 1.807) is 19.1 Å². The molecule has 33 heavy (non-hydrogen) atoms. The van der Waals surface area contributed by atoms with Crippen LogP contribution in [0.4, 0.5) is 5.69 Å². The van der Waals surface area contributed by atoms with Crippen LogP contribution in [-0.4, -0.2) is 47.0 Å². The van der Waals surface area contributed by atoms with Gasteiger partial charge in [-0.2, -0.15) is 0 Å². The predicted molar refractivity (Wildman–Crippen MR) is 120 cm³/mol. The molecule has 0 aliphatic carbocycles. The summed E-state index contributed by atoms with van der Waals surface area (Å²) in [6.07, 6.45) is -0.942. The zero-order chi connectivity index (χ0) is 23.7. The van der Waals surface area contributed by atoms with Crippen molar-refractivity contribution in [3.05, 3.63) is 58.7 Å². The van der Waals surface area contributed by atoms with Gasteiger partial charge in [-0.1, -0.05) is 35.9 Å². The Bertz CT molecular complexity index is 1190. The fraction of sp³-hybridized carbons (Fsp3) is 0.400. The van der Waals surface area contributed by atoms with Gasteiger partial charge in [0.05, 0.1) is 31.6 Å². The van der Waals surface area contributed by atoms with Crippen LogP contribution in [0.1, 0.15) is 29.2 Å². The molecule has 0 saturated carbocycles. The standard InChI is InChI=1S/C25H27N3O5/c1-12-9-13(2)20-16(10-12)25(24(32)26-20)19-18(21(27-25)14(3)29)22(30)28(23(19)31)11-15-7-5-6-8-17(15)33-4/h5-10,14,18-19,21,27,29H,11H2,1-4H3,(H,26,32)/t14-,18+,19-,21+,25-/m1/s1. The quantitative estimate of drug-likeness (QED) is 0.612. The van der Waals surface area contributed by atoms with Crippen LogP contribution in [0.15, 0.2) is 36.4 Å². The molecule has 5 rings (SSSR count). The van der Waals surface area contributed by atoms with Crippen molar-refractivity contribution in [1.82, 2.24) is 10.2 Å². The number of fused-ring (bicyclic) bond motifs is 4. The van der Waals surface area contributed by atoms with Crippen LogP contribution >= 0.6 is 0 Å². The number of methoxy groups -OCH3 is 1. The molecule has 2 aromatic carbocycles. The van der Waals surface area contributed by atoms with Gasteiger partial charge in [-0.3, -0.25) is 24.6 Å². The van der Waals surface area contributed by atoms with Gasteiger partial charge in [-0.15, -0.1) is 0 Å². The van der Waals surface area contributed by atoms with Gasteiger partial charge in [0, 0.05) is 22.9 Å². The van der Waals surface area contributed by atoms with Gasteiger partial charge in [-0.05, 0) is 32.4 Å². The number of anilines is 1. The van der Waals surface area contributed by atoms with Crippen molar-refractivity contribution in [2.24, 2.45) is 11.8 Å². The normalized spacial score (nSPS) is 28.8. The van der Waals surface area contributed by atoms with E-state index in [9.17, 15) is 19.5 Å². The van der Waals surface area contributed by atoms with Crippen molar-refractivity contribution in [1.29, 1.82) is 0 Å². The molecule has 2 aromatic rings. The average molecular weight is 450 g/mol. The summed E-state index contributed by atoms with van der Waals surface area (Å²) >= 11 is 0. The minimum Gasteiger partial charge on any atom is -0.496 e. The molecule has 0 unspecified atom stereocenters. The van der Waals surface area contributed by atoms with Crippen LogP contribution in [-0.2, 0) is 26.5 Å². The van der Waals surface area contributed by atoms with Crippen molar-refractivity contribution in [2.75, 3.05) is 12.4 Å². The summed E-state index contributed by atoms with van der Waals surface area (Å²) in [5.74, 6) is -2.42. The molecule has 0 aromatic heterocycles. The SMILES string of the molecule is COc1ccccc1CN1C(=O)[C@@H]2[C@H]([C@@H](C)O)N[C@@]3(C(=O)Nc4c(C)cc(C)cc43)[C@H]2C1=O. The maximum absolute atomic E-state index is 13.8. The minimum atomic E-state index is -1.42. The Balaban J connectivity index is 1.63. The zero-order valence-corrected chi connectivity index (χ0v) is 19.0. The Morgan fingerprint density at radius 2 is 1.88 bits per heavy atom. The van der Waals surface area contributed by atoms with Crippen molar-refractivity contribution >= 4 is 23.4 Å². The second kappa shape index (κ2) is 7.40. The molecule has 8 nitrogen and oxygen atoms in total. The topological polar surface area (TPSA) is 108 Å². The molecule has 8 heteroatoms. The van der Waals surface area contributed by atoms with E-state index in [1.165, 1.54) is 12.0 Å². The molecular weight excluding hydrogens is 422 g/mol. The molecule has 2 saturated heterocycles. The molecule has 2 fully saturated rings. The maximum Gasteiger partial charge on any atom is 0.250 e. The molecule has 1 spiro atoms.